The highest BCUT2D eigenvalue weighted by atomic mass is 19.1. The molecule has 0 aliphatic heterocycles. The number of aromatic amines is 1. The van der Waals surface area contributed by atoms with Crippen molar-refractivity contribution in [1.29, 1.82) is 0 Å². The Bertz CT molecular complexity index is 898. The van der Waals surface area contributed by atoms with Crippen LogP contribution in [0, 0.1) is 19.7 Å². The van der Waals surface area contributed by atoms with E-state index >= 15 is 0 Å². The minimum absolute atomic E-state index is 0.0105. The van der Waals surface area contributed by atoms with Crippen molar-refractivity contribution in [2.75, 3.05) is 11.4 Å². The first-order valence-corrected chi connectivity index (χ1v) is 8.13. The first kappa shape index (κ1) is 16.2. The molecule has 24 heavy (non-hydrogen) atoms. The minimum Gasteiger partial charge on any atom is -0.358 e. The van der Waals surface area contributed by atoms with E-state index in [4.69, 9.17) is 0 Å². The number of aromatic nitrogens is 1. The van der Waals surface area contributed by atoms with Crippen molar-refractivity contribution in [1.82, 2.24) is 4.98 Å². The third kappa shape index (κ3) is 3.04. The Morgan fingerprint density at radius 1 is 1.17 bits per heavy atom. The van der Waals surface area contributed by atoms with Gasteiger partial charge in [0.1, 0.15) is 5.82 Å². The molecule has 0 radical (unpaired) electrons. The van der Waals surface area contributed by atoms with Crippen LogP contribution in [0.25, 0.3) is 10.9 Å². The summed E-state index contributed by atoms with van der Waals surface area (Å²) in [4.78, 5) is 17.8. The second-order valence-corrected chi connectivity index (χ2v) is 6.07. The molecule has 3 rings (SSSR count). The first-order valence-electron chi connectivity index (χ1n) is 8.13. The molecule has 0 aliphatic rings. The number of halogens is 1. The van der Waals surface area contributed by atoms with Crippen molar-refractivity contribution in [3.8, 4) is 0 Å². The van der Waals surface area contributed by atoms with E-state index in [1.54, 1.807) is 11.0 Å². The van der Waals surface area contributed by atoms with E-state index in [1.165, 1.54) is 12.1 Å². The lowest BCUT2D eigenvalue weighted by molar-refractivity contribution is -0.117. The summed E-state index contributed by atoms with van der Waals surface area (Å²) >= 11 is 0. The number of benzene rings is 2. The summed E-state index contributed by atoms with van der Waals surface area (Å²) in [5.74, 6) is -0.280. The first-order chi connectivity index (χ1) is 11.5. The third-order valence-corrected chi connectivity index (χ3v) is 4.34. The lowest BCUT2D eigenvalue weighted by Crippen LogP contribution is -2.32. The van der Waals surface area contributed by atoms with Crippen molar-refractivity contribution in [2.24, 2.45) is 0 Å². The second-order valence-electron chi connectivity index (χ2n) is 6.07. The normalized spacial score (nSPS) is 11.0. The molecule has 1 amide bonds. The average molecular weight is 324 g/mol. The molecule has 0 saturated heterocycles. The van der Waals surface area contributed by atoms with Gasteiger partial charge in [0.25, 0.3) is 0 Å². The van der Waals surface area contributed by atoms with Crippen LogP contribution in [-0.2, 0) is 11.2 Å². The number of amides is 1. The molecule has 3 aromatic rings. The smallest absolute Gasteiger partial charge is 0.231 e. The minimum atomic E-state index is -0.291. The molecule has 0 bridgehead atoms. The van der Waals surface area contributed by atoms with E-state index in [-0.39, 0.29) is 18.1 Å². The average Bonchev–Trinajstić information content (AvgIpc) is 2.84. The van der Waals surface area contributed by atoms with E-state index in [2.05, 4.69) is 4.98 Å². The van der Waals surface area contributed by atoms with Crippen LogP contribution in [0.3, 0.4) is 0 Å². The van der Waals surface area contributed by atoms with Gasteiger partial charge >= 0.3 is 0 Å². The van der Waals surface area contributed by atoms with E-state index in [9.17, 15) is 9.18 Å². The van der Waals surface area contributed by atoms with Gasteiger partial charge in [-0.05, 0) is 62.2 Å². The van der Waals surface area contributed by atoms with E-state index < -0.39 is 0 Å². The third-order valence-electron chi connectivity index (χ3n) is 4.34. The number of nitrogens with zero attached hydrogens (tertiary/aromatic N) is 1. The molecular weight excluding hydrogens is 303 g/mol. The molecule has 0 atom stereocenters. The van der Waals surface area contributed by atoms with Crippen LogP contribution >= 0.6 is 0 Å². The number of fused-ring (bicyclic) bond motifs is 1. The topological polar surface area (TPSA) is 36.1 Å². The molecule has 1 heterocycles. The molecule has 0 fully saturated rings. The van der Waals surface area contributed by atoms with Gasteiger partial charge in [-0.15, -0.1) is 0 Å². The highest BCUT2D eigenvalue weighted by Crippen LogP contribution is 2.25. The second kappa shape index (κ2) is 6.48. The maximum atomic E-state index is 13.6. The van der Waals surface area contributed by atoms with Crippen LogP contribution in [-0.4, -0.2) is 17.4 Å². The van der Waals surface area contributed by atoms with Gasteiger partial charge in [-0.2, -0.15) is 0 Å². The monoisotopic (exact) mass is 324 g/mol. The van der Waals surface area contributed by atoms with Crippen molar-refractivity contribution in [2.45, 2.75) is 27.2 Å². The number of carbonyl (C=O) groups excluding carboxylic acids is 1. The van der Waals surface area contributed by atoms with Gasteiger partial charge in [-0.3, -0.25) is 4.79 Å². The predicted octanol–water partition coefficient (Wildman–Crippen LogP) is 4.52. The van der Waals surface area contributed by atoms with Crippen LogP contribution in [0.1, 0.15) is 23.7 Å². The quantitative estimate of drug-likeness (QED) is 0.752. The van der Waals surface area contributed by atoms with E-state index in [1.807, 2.05) is 45.0 Å². The number of hydrogen-bond donors (Lipinski definition) is 1. The Morgan fingerprint density at radius 3 is 2.67 bits per heavy atom. The SMILES string of the molecule is CCN(C(=O)Cc1c(C)[nH]c2ccc(F)cc12)c1cccc(C)c1. The maximum Gasteiger partial charge on any atom is 0.231 e. The highest BCUT2D eigenvalue weighted by molar-refractivity contribution is 5.98. The largest absolute Gasteiger partial charge is 0.358 e. The van der Waals surface area contributed by atoms with Crippen molar-refractivity contribution in [3.63, 3.8) is 0 Å². The lowest BCUT2D eigenvalue weighted by Gasteiger charge is -2.21. The van der Waals surface area contributed by atoms with Gasteiger partial charge < -0.3 is 9.88 Å². The van der Waals surface area contributed by atoms with Crippen molar-refractivity contribution < 1.29 is 9.18 Å². The van der Waals surface area contributed by atoms with Crippen LogP contribution in [0.15, 0.2) is 42.5 Å². The molecule has 0 spiro atoms. The number of rotatable bonds is 4. The Morgan fingerprint density at radius 2 is 1.96 bits per heavy atom. The Kier molecular flexibility index (Phi) is 4.38. The fraction of sp³-hybridized carbons (Fsp3) is 0.250. The fourth-order valence-corrected chi connectivity index (χ4v) is 3.13. The summed E-state index contributed by atoms with van der Waals surface area (Å²) in [6.45, 7) is 6.48. The summed E-state index contributed by atoms with van der Waals surface area (Å²) in [5, 5.41) is 0.779. The summed E-state index contributed by atoms with van der Waals surface area (Å²) in [6, 6.07) is 12.5. The Hall–Kier alpha value is -2.62. The Balaban J connectivity index is 1.94. The summed E-state index contributed by atoms with van der Waals surface area (Å²) in [6.07, 6.45) is 0.247. The standard InChI is InChI=1S/C20H21FN2O/c1-4-23(16-7-5-6-13(2)10-16)20(24)12-17-14(3)22-19-9-8-15(21)11-18(17)19/h5-11,22H,4,12H2,1-3H3. The number of carbonyl (C=O) groups is 1. The number of H-pyrrole nitrogens is 1. The zero-order valence-electron chi connectivity index (χ0n) is 14.2. The number of likely N-dealkylation sites (N-methyl/N-ethyl adjacent to an activating group) is 1. The molecule has 1 N–H and O–H groups in total. The van der Waals surface area contributed by atoms with Crippen molar-refractivity contribution >= 4 is 22.5 Å². The maximum absolute atomic E-state index is 13.6. The summed E-state index contributed by atoms with van der Waals surface area (Å²) in [5.41, 5.74) is 4.63. The Labute approximate surface area is 141 Å². The molecule has 0 saturated carbocycles. The molecular formula is C20H21FN2O. The van der Waals surface area contributed by atoms with Gasteiger partial charge in [-0.1, -0.05) is 12.1 Å². The van der Waals surface area contributed by atoms with Gasteiger partial charge in [-0.25, -0.2) is 4.39 Å². The van der Waals surface area contributed by atoms with Crippen LogP contribution < -0.4 is 4.90 Å². The highest BCUT2D eigenvalue weighted by Gasteiger charge is 2.18. The molecule has 0 aliphatic carbocycles. The summed E-state index contributed by atoms with van der Waals surface area (Å²) < 4.78 is 13.6. The van der Waals surface area contributed by atoms with Gasteiger partial charge in [0.05, 0.1) is 6.42 Å². The molecule has 1 aromatic heterocycles. The van der Waals surface area contributed by atoms with Crippen molar-refractivity contribution in [3.05, 3.63) is 65.1 Å². The van der Waals surface area contributed by atoms with Gasteiger partial charge in [0, 0.05) is 28.8 Å². The fourth-order valence-electron chi connectivity index (χ4n) is 3.13. The van der Waals surface area contributed by atoms with Gasteiger partial charge in [0.2, 0.25) is 5.91 Å². The molecule has 124 valence electrons. The van der Waals surface area contributed by atoms with E-state index in [0.717, 1.165) is 33.4 Å². The van der Waals surface area contributed by atoms with Crippen LogP contribution in [0.4, 0.5) is 10.1 Å². The zero-order valence-corrected chi connectivity index (χ0v) is 14.2. The number of nitrogens with one attached hydrogen (secondary N) is 1. The predicted molar refractivity (Wildman–Crippen MR) is 95.9 cm³/mol. The zero-order chi connectivity index (χ0) is 17.3. The van der Waals surface area contributed by atoms with Crippen LogP contribution in [0.2, 0.25) is 0 Å². The molecule has 4 heteroatoms. The number of anilines is 1. The molecule has 3 nitrogen and oxygen atoms in total. The summed E-state index contributed by atoms with van der Waals surface area (Å²) in [7, 11) is 0. The molecule has 2 aromatic carbocycles. The van der Waals surface area contributed by atoms with E-state index in [0.29, 0.717) is 6.54 Å². The van der Waals surface area contributed by atoms with Gasteiger partial charge in [0.15, 0.2) is 0 Å². The number of hydrogen-bond acceptors (Lipinski definition) is 1. The van der Waals surface area contributed by atoms with Crippen LogP contribution in [0.5, 0.6) is 0 Å². The lowest BCUT2D eigenvalue weighted by atomic mass is 10.1. The number of aryl methyl sites for hydroxylation is 2. The molecule has 0 unspecified atom stereocenters.